The molecule has 0 radical (unpaired) electrons. The van der Waals surface area contributed by atoms with E-state index >= 15 is 0 Å². The number of piperidine rings is 1. The average molecular weight is 833 g/mol. The summed E-state index contributed by atoms with van der Waals surface area (Å²) in [5, 5.41) is 15.9. The molecule has 7 rings (SSSR count). The van der Waals surface area contributed by atoms with Crippen LogP contribution in [0.1, 0.15) is 64.8 Å². The number of nitrogens with zero attached hydrogens (tertiary/aromatic N) is 6. The highest BCUT2D eigenvalue weighted by Crippen LogP contribution is 2.31. The van der Waals surface area contributed by atoms with Gasteiger partial charge in [-0.2, -0.15) is 9.57 Å². The molecule has 1 aromatic heterocycles. The van der Waals surface area contributed by atoms with E-state index in [4.69, 9.17) is 18.9 Å². The second-order valence-electron chi connectivity index (χ2n) is 14.8. The number of carbonyl (C=O) groups excluding carboxylic acids is 4. The van der Waals surface area contributed by atoms with Gasteiger partial charge in [0.2, 0.25) is 21.8 Å². The molecule has 314 valence electrons. The molecular weight excluding hydrogens is 785 g/mol. The minimum Gasteiger partial charge on any atom is -0.491 e. The van der Waals surface area contributed by atoms with Crippen molar-refractivity contribution in [3.63, 3.8) is 0 Å². The number of nitrogens with one attached hydrogen (secondary N) is 2. The monoisotopic (exact) mass is 832 g/mol. The van der Waals surface area contributed by atoms with Crippen molar-refractivity contribution in [2.45, 2.75) is 56.7 Å². The summed E-state index contributed by atoms with van der Waals surface area (Å²) in [7, 11) is -3.45. The van der Waals surface area contributed by atoms with E-state index in [2.05, 4.69) is 31.6 Å². The molecule has 2 N–H and O–H groups in total. The van der Waals surface area contributed by atoms with Crippen LogP contribution in [0, 0.1) is 11.3 Å². The highest BCUT2D eigenvalue weighted by Gasteiger charge is 2.44. The Morgan fingerprint density at radius 3 is 2.20 bits per heavy atom. The van der Waals surface area contributed by atoms with E-state index < -0.39 is 39.7 Å². The van der Waals surface area contributed by atoms with Gasteiger partial charge in [0.25, 0.3) is 11.8 Å². The summed E-state index contributed by atoms with van der Waals surface area (Å²) in [6.07, 6.45) is 5.63. The number of carbonyl (C=O) groups is 4. The first kappa shape index (κ1) is 42.0. The van der Waals surface area contributed by atoms with Crippen LogP contribution in [0.5, 0.6) is 5.75 Å². The second-order valence-corrected chi connectivity index (χ2v) is 16.9. The van der Waals surface area contributed by atoms with Crippen molar-refractivity contribution in [1.82, 2.24) is 29.4 Å². The molecule has 0 spiro atoms. The van der Waals surface area contributed by atoms with E-state index in [0.717, 1.165) is 47.3 Å². The van der Waals surface area contributed by atoms with Gasteiger partial charge >= 0.3 is 0 Å². The van der Waals surface area contributed by atoms with Gasteiger partial charge in [-0.3, -0.25) is 34.3 Å². The second kappa shape index (κ2) is 19.3. The zero-order valence-corrected chi connectivity index (χ0v) is 33.5. The molecule has 3 aromatic rings. The predicted molar refractivity (Wildman–Crippen MR) is 212 cm³/mol. The third-order valence-electron chi connectivity index (χ3n) is 11.1. The van der Waals surface area contributed by atoms with Gasteiger partial charge in [-0.25, -0.2) is 18.4 Å². The molecule has 2 aromatic carbocycles. The van der Waals surface area contributed by atoms with Crippen LogP contribution >= 0.6 is 0 Å². The molecule has 1 atom stereocenters. The summed E-state index contributed by atoms with van der Waals surface area (Å²) >= 11 is 0. The summed E-state index contributed by atoms with van der Waals surface area (Å²) < 4.78 is 49.9. The Kier molecular flexibility index (Phi) is 13.8. The van der Waals surface area contributed by atoms with Crippen LogP contribution in [-0.2, 0) is 33.8 Å². The van der Waals surface area contributed by atoms with Crippen molar-refractivity contribution >= 4 is 50.4 Å². The summed E-state index contributed by atoms with van der Waals surface area (Å²) in [4.78, 5) is 61.7. The van der Waals surface area contributed by atoms with E-state index in [0.29, 0.717) is 56.7 Å². The molecule has 4 heterocycles. The van der Waals surface area contributed by atoms with Gasteiger partial charge < -0.3 is 24.3 Å². The van der Waals surface area contributed by atoms with Crippen molar-refractivity contribution in [1.29, 1.82) is 5.26 Å². The fourth-order valence-corrected chi connectivity index (χ4v) is 9.27. The Bertz CT molecular complexity index is 2180. The van der Waals surface area contributed by atoms with Crippen LogP contribution in [0.2, 0.25) is 0 Å². The van der Waals surface area contributed by atoms with Gasteiger partial charge in [0.15, 0.2) is 0 Å². The molecule has 1 saturated carbocycles. The topological polar surface area (TPSA) is 223 Å². The molecule has 4 aliphatic rings. The highest BCUT2D eigenvalue weighted by atomic mass is 32.2. The molecule has 3 fully saturated rings. The highest BCUT2D eigenvalue weighted by molar-refractivity contribution is 7.89. The average Bonchev–Trinajstić information content (AvgIpc) is 3.49. The zero-order chi connectivity index (χ0) is 41.4. The third kappa shape index (κ3) is 10.2. The number of benzene rings is 2. The van der Waals surface area contributed by atoms with Crippen molar-refractivity contribution in [3.8, 4) is 11.8 Å². The van der Waals surface area contributed by atoms with E-state index in [9.17, 15) is 32.9 Å². The number of piperazine rings is 1. The normalized spacial score (nSPS) is 21.7. The van der Waals surface area contributed by atoms with Gasteiger partial charge in [0, 0.05) is 50.1 Å². The van der Waals surface area contributed by atoms with E-state index in [-0.39, 0.29) is 68.8 Å². The Morgan fingerprint density at radius 2 is 1.49 bits per heavy atom. The van der Waals surface area contributed by atoms with E-state index in [1.807, 2.05) is 12.1 Å². The molecule has 4 amide bonds. The number of fused-ring (bicyclic) bond motifs is 2. The number of aromatic nitrogens is 2. The maximum absolute atomic E-state index is 13.0. The maximum Gasteiger partial charge on any atom is 0.262 e. The number of rotatable bonds is 18. The largest absolute Gasteiger partial charge is 0.491 e. The van der Waals surface area contributed by atoms with Crippen LogP contribution in [0.4, 0.5) is 5.82 Å². The van der Waals surface area contributed by atoms with Gasteiger partial charge in [0.1, 0.15) is 30.5 Å². The number of sulfonamides is 1. The van der Waals surface area contributed by atoms with Crippen LogP contribution in [-0.4, -0.2) is 152 Å². The van der Waals surface area contributed by atoms with Gasteiger partial charge in [-0.15, -0.1) is 0 Å². The Balaban J connectivity index is 0.709. The fraction of sp³-hybridized carbons (Fsp3) is 0.525. The number of ether oxygens (including phenoxy) is 4. The number of anilines is 1. The fourth-order valence-electron chi connectivity index (χ4n) is 7.96. The standard InChI is InChI=1S/C40H48N8O10S/c41-25-27-1-8-34-33(23-27)37(43-26-42-34)44-28-2-4-29(5-3-28)46-11-13-47(14-12-46)59(53,54)22-21-57-18-17-55-15-16-56-19-20-58-30-6-7-31-32(24-30)40(52)48(39(31)51)35-9-10-36(49)45-38(35)50/h1,6-8,23-24,26,28-29,35H,2-5,9-22H2,(H,42,43,44)(H,45,49,50). The van der Waals surface area contributed by atoms with Crippen molar-refractivity contribution < 1.29 is 46.5 Å². The molecule has 0 bridgehead atoms. The van der Waals surface area contributed by atoms with Crippen LogP contribution < -0.4 is 15.4 Å². The van der Waals surface area contributed by atoms with Crippen LogP contribution in [0.15, 0.2) is 42.7 Å². The summed E-state index contributed by atoms with van der Waals surface area (Å²) in [5.74, 6) is -1.26. The van der Waals surface area contributed by atoms with Crippen LogP contribution in [0.25, 0.3) is 10.9 Å². The van der Waals surface area contributed by atoms with Gasteiger partial charge in [0.05, 0.1) is 73.7 Å². The lowest BCUT2D eigenvalue weighted by Gasteiger charge is -2.41. The van der Waals surface area contributed by atoms with Crippen molar-refractivity contribution in [2.24, 2.45) is 0 Å². The molecule has 18 nitrogen and oxygen atoms in total. The number of hydrogen-bond acceptors (Lipinski definition) is 15. The summed E-state index contributed by atoms with van der Waals surface area (Å²) in [6.45, 7) is 3.95. The minimum atomic E-state index is -3.45. The first-order valence-corrected chi connectivity index (χ1v) is 21.6. The molecule has 3 aliphatic heterocycles. The quantitative estimate of drug-likeness (QED) is 0.138. The Morgan fingerprint density at radius 1 is 0.797 bits per heavy atom. The Hall–Kier alpha value is -5.10. The molecule has 19 heteroatoms. The SMILES string of the molecule is N#Cc1ccc2ncnc(NC3CCC(N4CCN(S(=O)(=O)CCOCCOCCOCCOc5ccc6c(c5)C(=O)N(C5CCC(=O)NC5=O)C6=O)CC4)CC3)c2c1. The summed E-state index contributed by atoms with van der Waals surface area (Å²) in [6, 6.07) is 11.7. The maximum atomic E-state index is 13.0. The number of nitriles is 1. The van der Waals surface area contributed by atoms with E-state index in [1.54, 1.807) is 22.8 Å². The smallest absolute Gasteiger partial charge is 0.262 e. The van der Waals surface area contributed by atoms with Crippen LogP contribution in [0.3, 0.4) is 0 Å². The van der Waals surface area contributed by atoms with Crippen molar-refractivity contribution in [3.05, 3.63) is 59.4 Å². The number of amides is 4. The molecule has 1 unspecified atom stereocenters. The summed E-state index contributed by atoms with van der Waals surface area (Å²) in [5.41, 5.74) is 1.68. The van der Waals surface area contributed by atoms with E-state index in [1.165, 1.54) is 12.1 Å². The first-order chi connectivity index (χ1) is 28.6. The zero-order valence-electron chi connectivity index (χ0n) is 32.7. The first-order valence-electron chi connectivity index (χ1n) is 20.0. The number of hydrogen-bond donors (Lipinski definition) is 2. The van der Waals surface area contributed by atoms with Gasteiger partial charge in [-0.05, 0) is 68.5 Å². The predicted octanol–water partition coefficient (Wildman–Crippen LogP) is 1.70. The lowest BCUT2D eigenvalue weighted by atomic mass is 9.89. The lowest BCUT2D eigenvalue weighted by molar-refractivity contribution is -0.136. The molecule has 2 saturated heterocycles. The number of imide groups is 2. The molecule has 59 heavy (non-hydrogen) atoms. The molecule has 1 aliphatic carbocycles. The minimum absolute atomic E-state index is 0.0470. The lowest BCUT2D eigenvalue weighted by Crippen LogP contribution is -2.54. The Labute approximate surface area is 342 Å². The van der Waals surface area contributed by atoms with Crippen molar-refractivity contribution in [2.75, 3.05) is 83.5 Å². The van der Waals surface area contributed by atoms with Gasteiger partial charge in [-0.1, -0.05) is 0 Å². The molecular formula is C40H48N8O10S. The third-order valence-corrected chi connectivity index (χ3v) is 13.0.